The highest BCUT2D eigenvalue weighted by atomic mass is 32.2. The molecule has 2 heterocycles. The monoisotopic (exact) mass is 464 g/mol. The molecule has 0 atom stereocenters. The van der Waals surface area contributed by atoms with Gasteiger partial charge in [-0.3, -0.25) is 4.79 Å². The van der Waals surface area contributed by atoms with Crippen LogP contribution in [0.5, 0.6) is 23.0 Å². The predicted octanol–water partition coefficient (Wildman–Crippen LogP) is 5.24. The zero-order valence-electron chi connectivity index (χ0n) is 18.4. The lowest BCUT2D eigenvalue weighted by molar-refractivity contribution is 0.102. The topological polar surface area (TPSA) is 84.9 Å². The molecule has 0 radical (unpaired) electrons. The highest BCUT2D eigenvalue weighted by Gasteiger charge is 2.33. The molecule has 1 amide bonds. The Morgan fingerprint density at radius 2 is 1.70 bits per heavy atom. The zero-order valence-corrected chi connectivity index (χ0v) is 19.2. The molecule has 0 bridgehead atoms. The van der Waals surface area contributed by atoms with Crippen molar-refractivity contribution in [3.8, 4) is 23.0 Å². The summed E-state index contributed by atoms with van der Waals surface area (Å²) in [5.74, 6) is 0.932. The number of benzene rings is 3. The van der Waals surface area contributed by atoms with Gasteiger partial charge in [-0.15, -0.1) is 0 Å². The summed E-state index contributed by atoms with van der Waals surface area (Å²) in [6.45, 7) is 4.68. The van der Waals surface area contributed by atoms with E-state index >= 15 is 0 Å². The molecule has 3 aromatic rings. The van der Waals surface area contributed by atoms with E-state index in [1.807, 2.05) is 44.2 Å². The fourth-order valence-corrected chi connectivity index (χ4v) is 5.72. The van der Waals surface area contributed by atoms with Crippen molar-refractivity contribution in [2.75, 3.05) is 18.4 Å². The van der Waals surface area contributed by atoms with E-state index in [1.54, 1.807) is 12.1 Å². The number of para-hydroxylation sites is 1. The number of rotatable bonds is 4. The predicted molar refractivity (Wildman–Crippen MR) is 125 cm³/mol. The van der Waals surface area contributed by atoms with Crippen molar-refractivity contribution in [2.45, 2.75) is 31.6 Å². The Kier molecular flexibility index (Phi) is 5.34. The molecule has 0 aliphatic carbocycles. The molecule has 1 saturated heterocycles. The maximum atomic E-state index is 13.5. The number of carbonyl (C=O) groups is 1. The Bertz CT molecular complexity index is 1360. The number of aryl methyl sites for hydroxylation is 2. The van der Waals surface area contributed by atoms with Crippen molar-refractivity contribution < 1.29 is 22.7 Å². The molecule has 5 rings (SSSR count). The molecule has 0 unspecified atom stereocenters. The molecule has 8 heteroatoms. The van der Waals surface area contributed by atoms with Crippen LogP contribution < -0.4 is 14.8 Å². The fraction of sp³-hybridized carbons (Fsp3) is 0.240. The Labute approximate surface area is 193 Å². The molecular weight excluding hydrogens is 440 g/mol. The maximum Gasteiger partial charge on any atom is 0.259 e. The summed E-state index contributed by atoms with van der Waals surface area (Å²) in [4.78, 5) is 13.0. The normalized spacial score (nSPS) is 15.8. The molecule has 1 fully saturated rings. The highest BCUT2D eigenvalue weighted by molar-refractivity contribution is 7.89. The van der Waals surface area contributed by atoms with Crippen LogP contribution in [-0.2, 0) is 10.0 Å². The fourth-order valence-electron chi connectivity index (χ4n) is 4.08. The average molecular weight is 465 g/mol. The van der Waals surface area contributed by atoms with Gasteiger partial charge >= 0.3 is 0 Å². The van der Waals surface area contributed by atoms with Gasteiger partial charge in [-0.05, 0) is 62.1 Å². The first kappa shape index (κ1) is 21.5. The molecule has 0 spiro atoms. The van der Waals surface area contributed by atoms with Crippen molar-refractivity contribution in [1.82, 2.24) is 4.31 Å². The SMILES string of the molecule is Cc1ccc2c(c1)NC(=O)c1cc(S(=O)(=O)N3CCCC3)c(Oc3ccccc3C)cc1O2. The van der Waals surface area contributed by atoms with E-state index in [2.05, 4.69) is 5.32 Å². The number of carbonyl (C=O) groups excluding carboxylic acids is 1. The summed E-state index contributed by atoms with van der Waals surface area (Å²) in [5.41, 5.74) is 2.49. The Balaban J connectivity index is 1.67. The van der Waals surface area contributed by atoms with E-state index in [1.165, 1.54) is 16.4 Å². The summed E-state index contributed by atoms with van der Waals surface area (Å²) >= 11 is 0. The van der Waals surface area contributed by atoms with Crippen molar-refractivity contribution >= 4 is 21.6 Å². The number of nitrogens with one attached hydrogen (secondary N) is 1. The summed E-state index contributed by atoms with van der Waals surface area (Å²) in [7, 11) is -3.87. The first-order valence-electron chi connectivity index (χ1n) is 10.8. The van der Waals surface area contributed by atoms with Crippen LogP contribution in [0.15, 0.2) is 59.5 Å². The molecule has 0 saturated carbocycles. The van der Waals surface area contributed by atoms with Crippen LogP contribution in [0, 0.1) is 13.8 Å². The van der Waals surface area contributed by atoms with Crippen LogP contribution >= 0.6 is 0 Å². The Morgan fingerprint density at radius 3 is 2.45 bits per heavy atom. The van der Waals surface area contributed by atoms with E-state index in [-0.39, 0.29) is 22.0 Å². The van der Waals surface area contributed by atoms with E-state index in [0.29, 0.717) is 30.3 Å². The molecule has 1 N–H and O–H groups in total. The van der Waals surface area contributed by atoms with Crippen molar-refractivity contribution in [3.63, 3.8) is 0 Å². The van der Waals surface area contributed by atoms with Gasteiger partial charge in [-0.1, -0.05) is 24.3 Å². The number of ether oxygens (including phenoxy) is 2. The lowest BCUT2D eigenvalue weighted by Gasteiger charge is -2.20. The summed E-state index contributed by atoms with van der Waals surface area (Å²) < 4.78 is 40.7. The van der Waals surface area contributed by atoms with Crippen LogP contribution in [0.3, 0.4) is 0 Å². The van der Waals surface area contributed by atoms with Gasteiger partial charge in [0, 0.05) is 19.2 Å². The number of anilines is 1. The second-order valence-corrected chi connectivity index (χ2v) is 10.2. The van der Waals surface area contributed by atoms with Gasteiger partial charge in [0.25, 0.3) is 5.91 Å². The van der Waals surface area contributed by atoms with Gasteiger partial charge in [0.15, 0.2) is 11.5 Å². The first-order chi connectivity index (χ1) is 15.8. The summed E-state index contributed by atoms with van der Waals surface area (Å²) in [6, 6.07) is 15.7. The Morgan fingerprint density at radius 1 is 0.939 bits per heavy atom. The molecular formula is C25H24N2O5S. The maximum absolute atomic E-state index is 13.5. The number of hydrogen-bond donors (Lipinski definition) is 1. The van der Waals surface area contributed by atoms with Crippen LogP contribution in [0.25, 0.3) is 0 Å². The number of nitrogens with zero attached hydrogens (tertiary/aromatic N) is 1. The standard InChI is InChI=1S/C25H24N2O5S/c1-16-9-10-21-19(13-16)26-25(28)18-14-24(33(29,30)27-11-5-6-12-27)23(15-22(18)32-21)31-20-8-4-3-7-17(20)2/h3-4,7-10,13-15H,5-6,11-12H2,1-2H3,(H,26,28). The minimum atomic E-state index is -3.87. The molecule has 3 aromatic carbocycles. The van der Waals surface area contributed by atoms with Crippen molar-refractivity contribution in [2.24, 2.45) is 0 Å². The third-order valence-electron chi connectivity index (χ3n) is 5.89. The van der Waals surface area contributed by atoms with Gasteiger partial charge in [0.1, 0.15) is 16.4 Å². The Hall–Kier alpha value is -3.36. The third-order valence-corrected chi connectivity index (χ3v) is 7.81. The van der Waals surface area contributed by atoms with Crippen LogP contribution in [-0.4, -0.2) is 31.7 Å². The second-order valence-electron chi connectivity index (χ2n) is 8.33. The summed E-state index contributed by atoms with van der Waals surface area (Å²) in [5, 5.41) is 2.83. The number of hydrogen-bond acceptors (Lipinski definition) is 5. The number of sulfonamides is 1. The number of amides is 1. The van der Waals surface area contributed by atoms with Crippen LogP contribution in [0.4, 0.5) is 5.69 Å². The quantitative estimate of drug-likeness (QED) is 0.571. The van der Waals surface area contributed by atoms with Gasteiger partial charge in [0.05, 0.1) is 11.3 Å². The molecule has 7 nitrogen and oxygen atoms in total. The lowest BCUT2D eigenvalue weighted by Crippen LogP contribution is -2.28. The molecule has 33 heavy (non-hydrogen) atoms. The summed E-state index contributed by atoms with van der Waals surface area (Å²) in [6.07, 6.45) is 1.60. The minimum absolute atomic E-state index is 0.0488. The minimum Gasteiger partial charge on any atom is -0.456 e. The zero-order chi connectivity index (χ0) is 23.2. The lowest BCUT2D eigenvalue weighted by atomic mass is 10.1. The van der Waals surface area contributed by atoms with Crippen LogP contribution in [0.1, 0.15) is 34.3 Å². The molecule has 2 aliphatic heterocycles. The van der Waals surface area contributed by atoms with Gasteiger partial charge in [-0.25, -0.2) is 8.42 Å². The van der Waals surface area contributed by atoms with Crippen LogP contribution in [0.2, 0.25) is 0 Å². The van der Waals surface area contributed by atoms with E-state index in [4.69, 9.17) is 9.47 Å². The first-order valence-corrected chi connectivity index (χ1v) is 12.3. The molecule has 0 aromatic heterocycles. The molecule has 2 aliphatic rings. The smallest absolute Gasteiger partial charge is 0.259 e. The largest absolute Gasteiger partial charge is 0.456 e. The van der Waals surface area contributed by atoms with E-state index < -0.39 is 15.9 Å². The van der Waals surface area contributed by atoms with E-state index in [9.17, 15) is 13.2 Å². The van der Waals surface area contributed by atoms with Gasteiger partial charge in [0.2, 0.25) is 10.0 Å². The van der Waals surface area contributed by atoms with Crippen molar-refractivity contribution in [3.05, 3.63) is 71.3 Å². The number of fused-ring (bicyclic) bond motifs is 2. The van der Waals surface area contributed by atoms with Gasteiger partial charge in [-0.2, -0.15) is 4.31 Å². The second kappa shape index (κ2) is 8.20. The van der Waals surface area contributed by atoms with Gasteiger partial charge < -0.3 is 14.8 Å². The van der Waals surface area contributed by atoms with Crippen molar-refractivity contribution in [1.29, 1.82) is 0 Å². The third kappa shape index (κ3) is 3.96. The van der Waals surface area contributed by atoms with E-state index in [0.717, 1.165) is 24.0 Å². The average Bonchev–Trinajstić information content (AvgIpc) is 3.29. The molecule has 170 valence electrons. The highest BCUT2D eigenvalue weighted by Crippen LogP contribution is 2.42.